The molecule has 132 valence electrons. The van der Waals surface area contributed by atoms with Gasteiger partial charge < -0.3 is 9.47 Å². The second-order valence-electron chi connectivity index (χ2n) is 6.81. The van der Waals surface area contributed by atoms with Gasteiger partial charge in [0.2, 0.25) is 0 Å². The molecule has 0 N–H and O–H groups in total. The summed E-state index contributed by atoms with van der Waals surface area (Å²) in [7, 11) is 0. The van der Waals surface area contributed by atoms with Gasteiger partial charge in [-0.2, -0.15) is 0 Å². The van der Waals surface area contributed by atoms with E-state index in [1.165, 1.54) is 0 Å². The first-order valence-corrected chi connectivity index (χ1v) is 8.96. The fraction of sp³-hybridized carbons (Fsp3) is 0.350. The van der Waals surface area contributed by atoms with Gasteiger partial charge in [0.1, 0.15) is 5.82 Å². The van der Waals surface area contributed by atoms with E-state index in [2.05, 4.69) is 4.98 Å². The predicted octanol–water partition coefficient (Wildman–Crippen LogP) is 2.54. The normalized spacial score (nSPS) is 18.8. The minimum absolute atomic E-state index is 0.0151. The number of rotatable bonds is 1. The summed E-state index contributed by atoms with van der Waals surface area (Å²) in [5.41, 5.74) is 2.84. The quantitative estimate of drug-likeness (QED) is 0.675. The largest absolute Gasteiger partial charge is 0.347 e. The molecule has 0 atom stereocenters. The molecule has 1 aromatic carbocycles. The number of fused-ring (bicyclic) bond motifs is 2. The van der Waals surface area contributed by atoms with Crippen molar-refractivity contribution in [3.8, 4) is 11.1 Å². The Kier molecular flexibility index (Phi) is 3.62. The van der Waals surface area contributed by atoms with Crippen LogP contribution in [0.5, 0.6) is 0 Å². The van der Waals surface area contributed by atoms with Crippen molar-refractivity contribution in [1.29, 1.82) is 0 Å². The molecule has 1 saturated heterocycles. The zero-order valence-corrected chi connectivity index (χ0v) is 14.4. The van der Waals surface area contributed by atoms with Gasteiger partial charge in [-0.1, -0.05) is 6.07 Å². The second-order valence-corrected chi connectivity index (χ2v) is 6.81. The number of hydrogen-bond donors (Lipinski definition) is 0. The van der Waals surface area contributed by atoms with E-state index < -0.39 is 5.79 Å². The molecule has 0 bridgehead atoms. The highest BCUT2D eigenvalue weighted by Gasteiger charge is 2.38. The van der Waals surface area contributed by atoms with Gasteiger partial charge in [-0.25, -0.2) is 4.98 Å². The number of hydrogen-bond acceptors (Lipinski definition) is 5. The fourth-order valence-electron chi connectivity index (χ4n) is 3.91. The highest BCUT2D eigenvalue weighted by Crippen LogP contribution is 2.32. The van der Waals surface area contributed by atoms with E-state index in [1.54, 1.807) is 17.0 Å². The van der Waals surface area contributed by atoms with E-state index in [9.17, 15) is 4.79 Å². The number of aromatic nitrogens is 3. The van der Waals surface area contributed by atoms with Crippen molar-refractivity contribution in [3.63, 3.8) is 0 Å². The summed E-state index contributed by atoms with van der Waals surface area (Å²) in [6.45, 7) is 1.81. The lowest BCUT2D eigenvalue weighted by Gasteiger charge is -2.24. The van der Waals surface area contributed by atoms with E-state index in [1.807, 2.05) is 30.3 Å². The van der Waals surface area contributed by atoms with E-state index in [0.717, 1.165) is 28.9 Å². The Morgan fingerprint density at radius 3 is 2.62 bits per heavy atom. The minimum Gasteiger partial charge on any atom is -0.347 e. The van der Waals surface area contributed by atoms with Crippen molar-refractivity contribution < 1.29 is 9.47 Å². The van der Waals surface area contributed by atoms with Crippen LogP contribution in [0.1, 0.15) is 18.7 Å². The van der Waals surface area contributed by atoms with Crippen LogP contribution in [0.3, 0.4) is 0 Å². The molecule has 0 radical (unpaired) electrons. The van der Waals surface area contributed by atoms with E-state index >= 15 is 0 Å². The molecule has 3 aromatic rings. The Hall–Kier alpha value is -2.57. The summed E-state index contributed by atoms with van der Waals surface area (Å²) in [5.74, 6) is 0.263. The number of benzene rings is 1. The van der Waals surface area contributed by atoms with Crippen molar-refractivity contribution in [2.75, 3.05) is 13.2 Å². The third-order valence-corrected chi connectivity index (χ3v) is 5.31. The van der Waals surface area contributed by atoms with Crippen LogP contribution in [0, 0.1) is 0 Å². The first kappa shape index (κ1) is 15.7. The second kappa shape index (κ2) is 6.00. The Morgan fingerprint density at radius 1 is 1.00 bits per heavy atom. The maximum atomic E-state index is 13.0. The van der Waals surface area contributed by atoms with Gasteiger partial charge >= 0.3 is 0 Å². The molecule has 2 aromatic heterocycles. The molecular weight excluding hydrogens is 330 g/mol. The predicted molar refractivity (Wildman–Crippen MR) is 96.8 cm³/mol. The molecule has 2 aliphatic rings. The van der Waals surface area contributed by atoms with Gasteiger partial charge in [-0.15, -0.1) is 0 Å². The van der Waals surface area contributed by atoms with E-state index in [4.69, 9.17) is 14.5 Å². The van der Waals surface area contributed by atoms with Crippen LogP contribution >= 0.6 is 0 Å². The lowest BCUT2D eigenvalue weighted by molar-refractivity contribution is -0.165. The Morgan fingerprint density at radius 2 is 1.81 bits per heavy atom. The highest BCUT2D eigenvalue weighted by atomic mass is 16.7. The maximum absolute atomic E-state index is 13.0. The summed E-state index contributed by atoms with van der Waals surface area (Å²) in [6, 6.07) is 9.73. The highest BCUT2D eigenvalue weighted by molar-refractivity contribution is 5.83. The average Bonchev–Trinajstić information content (AvgIpc) is 3.07. The zero-order chi connectivity index (χ0) is 17.6. The summed E-state index contributed by atoms with van der Waals surface area (Å²) in [5, 5.41) is 0.649. The zero-order valence-electron chi connectivity index (χ0n) is 14.4. The van der Waals surface area contributed by atoms with Gasteiger partial charge in [-0.3, -0.25) is 14.3 Å². The summed E-state index contributed by atoms with van der Waals surface area (Å²) < 4.78 is 13.5. The van der Waals surface area contributed by atoms with Crippen LogP contribution < -0.4 is 5.56 Å². The average molecular weight is 349 g/mol. The maximum Gasteiger partial charge on any atom is 0.261 e. The molecule has 1 fully saturated rings. The number of aryl methyl sites for hydroxylation is 1. The molecule has 4 heterocycles. The Balaban J connectivity index is 1.60. The molecule has 5 rings (SSSR count). The SMILES string of the molecule is O=c1c2ccc(-c3ccncc3)cc2nc2n1CCC1(CC2)OCCO1. The van der Waals surface area contributed by atoms with Gasteiger partial charge in [-0.05, 0) is 35.4 Å². The minimum atomic E-state index is -0.547. The third-order valence-electron chi connectivity index (χ3n) is 5.31. The monoisotopic (exact) mass is 349 g/mol. The third kappa shape index (κ3) is 2.53. The standard InChI is InChI=1S/C20H19N3O3/c24-19-16-2-1-15(14-4-8-21-9-5-14)13-17(16)22-18-3-6-20(7-10-23(18)19)25-11-12-26-20/h1-2,4-5,8-9,13H,3,6-7,10-12H2. The van der Waals surface area contributed by atoms with Gasteiger partial charge in [0, 0.05) is 38.2 Å². The smallest absolute Gasteiger partial charge is 0.261 e. The molecule has 2 aliphatic heterocycles. The first-order chi connectivity index (χ1) is 12.7. The molecule has 6 nitrogen and oxygen atoms in total. The Bertz CT molecular complexity index is 1020. The van der Waals surface area contributed by atoms with Crippen molar-refractivity contribution in [2.45, 2.75) is 31.6 Å². The van der Waals surface area contributed by atoms with Crippen LogP contribution in [0.25, 0.3) is 22.0 Å². The summed E-state index contributed by atoms with van der Waals surface area (Å²) in [4.78, 5) is 21.9. The van der Waals surface area contributed by atoms with E-state index in [0.29, 0.717) is 38.0 Å². The van der Waals surface area contributed by atoms with Gasteiger partial charge in [0.15, 0.2) is 5.79 Å². The molecule has 26 heavy (non-hydrogen) atoms. The number of ether oxygens (including phenoxy) is 2. The Labute approximate surface area is 150 Å². The van der Waals surface area contributed by atoms with Crippen molar-refractivity contribution in [2.24, 2.45) is 0 Å². The van der Waals surface area contributed by atoms with Crippen molar-refractivity contribution in [3.05, 3.63) is 58.9 Å². The number of nitrogens with zero attached hydrogens (tertiary/aromatic N) is 3. The summed E-state index contributed by atoms with van der Waals surface area (Å²) >= 11 is 0. The molecule has 6 heteroatoms. The van der Waals surface area contributed by atoms with Crippen molar-refractivity contribution >= 4 is 10.9 Å². The van der Waals surface area contributed by atoms with Crippen LogP contribution in [0.2, 0.25) is 0 Å². The van der Waals surface area contributed by atoms with Crippen LogP contribution in [0.4, 0.5) is 0 Å². The van der Waals surface area contributed by atoms with Gasteiger partial charge in [0.05, 0.1) is 24.1 Å². The van der Waals surface area contributed by atoms with Crippen LogP contribution in [-0.4, -0.2) is 33.5 Å². The topological polar surface area (TPSA) is 66.2 Å². The van der Waals surface area contributed by atoms with Gasteiger partial charge in [0.25, 0.3) is 5.56 Å². The molecular formula is C20H19N3O3. The molecule has 1 spiro atoms. The fourth-order valence-corrected chi connectivity index (χ4v) is 3.91. The number of pyridine rings is 1. The van der Waals surface area contributed by atoms with Crippen molar-refractivity contribution in [1.82, 2.24) is 14.5 Å². The first-order valence-electron chi connectivity index (χ1n) is 8.96. The van der Waals surface area contributed by atoms with E-state index in [-0.39, 0.29) is 5.56 Å². The lowest BCUT2D eigenvalue weighted by Crippen LogP contribution is -2.31. The molecule has 0 saturated carbocycles. The summed E-state index contributed by atoms with van der Waals surface area (Å²) in [6.07, 6.45) is 5.61. The molecule has 0 unspecified atom stereocenters. The van der Waals surface area contributed by atoms with Crippen LogP contribution in [-0.2, 0) is 22.4 Å². The molecule has 0 amide bonds. The lowest BCUT2D eigenvalue weighted by atomic mass is 10.1. The molecule has 0 aliphatic carbocycles. The van der Waals surface area contributed by atoms with Crippen LogP contribution in [0.15, 0.2) is 47.5 Å².